The van der Waals surface area contributed by atoms with Crippen LogP contribution in [0, 0.1) is 35.5 Å². The fourth-order valence-corrected chi connectivity index (χ4v) is 11.5. The topological polar surface area (TPSA) is 114 Å². The Labute approximate surface area is 330 Å². The molecule has 0 amide bonds. The van der Waals surface area contributed by atoms with Gasteiger partial charge in [0.2, 0.25) is 0 Å². The average Bonchev–Trinajstić information content (AvgIpc) is 3.73. The Hall–Kier alpha value is -1.48. The molecule has 0 spiro atoms. The lowest BCUT2D eigenvalue weighted by Crippen LogP contribution is -2.59. The fraction of sp³-hybridized carbons (Fsp3) is 0.907. The third kappa shape index (κ3) is 9.08. The van der Waals surface area contributed by atoms with Crippen LogP contribution in [0.15, 0.2) is 11.6 Å². The zero-order valence-corrected chi connectivity index (χ0v) is 35.5. The van der Waals surface area contributed by atoms with E-state index in [2.05, 4.69) is 57.9 Å². The molecule has 5 fully saturated rings. The summed E-state index contributed by atoms with van der Waals surface area (Å²) in [4.78, 5) is 33.2. The molecule has 3 unspecified atom stereocenters. The number of hydrogen-bond donors (Lipinski definition) is 0. The highest BCUT2D eigenvalue weighted by atomic mass is 16.7. The van der Waals surface area contributed by atoms with Gasteiger partial charge in [-0.05, 0) is 129 Å². The number of ketones is 1. The number of cyclic esters (lactones) is 1. The molecule has 0 bridgehead atoms. The Morgan fingerprint density at radius 1 is 0.745 bits per heavy atom. The highest BCUT2D eigenvalue weighted by molar-refractivity contribution is 5.99. The molecule has 12 nitrogen and oxygen atoms in total. The number of fused-ring (bicyclic) bond motifs is 5. The van der Waals surface area contributed by atoms with Crippen molar-refractivity contribution < 1.29 is 47.5 Å². The lowest BCUT2D eigenvalue weighted by molar-refractivity contribution is -0.314. The number of nitrogens with zero attached hydrogens (tertiary/aromatic N) is 2. The number of rotatable bonds is 10. The third-order valence-electron chi connectivity index (χ3n) is 14.4. The third-order valence-corrected chi connectivity index (χ3v) is 14.4. The van der Waals surface area contributed by atoms with Gasteiger partial charge in [0.15, 0.2) is 18.4 Å². The van der Waals surface area contributed by atoms with Crippen LogP contribution in [-0.4, -0.2) is 145 Å². The second-order valence-corrected chi connectivity index (χ2v) is 18.0. The summed E-state index contributed by atoms with van der Waals surface area (Å²) in [6.45, 7) is 8.22. The van der Waals surface area contributed by atoms with E-state index in [4.69, 9.17) is 37.9 Å². The number of allylic oxidation sites excluding steroid dienone is 2. The molecule has 0 aromatic heterocycles. The summed E-state index contributed by atoms with van der Waals surface area (Å²) in [6.07, 6.45) is 7.25. The first-order valence-electron chi connectivity index (χ1n) is 21.3. The van der Waals surface area contributed by atoms with Crippen LogP contribution in [0.3, 0.4) is 0 Å². The van der Waals surface area contributed by atoms with E-state index in [0.29, 0.717) is 18.4 Å². The minimum Gasteiger partial charge on any atom is -0.462 e. The first kappa shape index (κ1) is 43.1. The van der Waals surface area contributed by atoms with E-state index < -0.39 is 12.4 Å². The van der Waals surface area contributed by atoms with Gasteiger partial charge in [-0.2, -0.15) is 0 Å². The number of carbonyl (C=O) groups is 2. The summed E-state index contributed by atoms with van der Waals surface area (Å²) >= 11 is 0. The Kier molecular flexibility index (Phi) is 14.6. The van der Waals surface area contributed by atoms with Gasteiger partial charge in [0.25, 0.3) is 0 Å². The summed E-state index contributed by atoms with van der Waals surface area (Å²) < 4.78 is 50.1. The Bertz CT molecular complexity index is 1330. The van der Waals surface area contributed by atoms with E-state index in [0.717, 1.165) is 56.9 Å². The lowest BCUT2D eigenvalue weighted by atomic mass is 9.64. The zero-order valence-electron chi connectivity index (χ0n) is 35.5. The van der Waals surface area contributed by atoms with Crippen LogP contribution in [0.4, 0.5) is 0 Å². The predicted octanol–water partition coefficient (Wildman–Crippen LogP) is 5.25. The van der Waals surface area contributed by atoms with Gasteiger partial charge in [-0.3, -0.25) is 9.59 Å². The molecule has 0 aromatic rings. The molecule has 0 radical (unpaired) electrons. The molecule has 3 saturated heterocycles. The molecule has 12 heteroatoms. The van der Waals surface area contributed by atoms with Gasteiger partial charge in [0.1, 0.15) is 24.4 Å². The highest BCUT2D eigenvalue weighted by Crippen LogP contribution is 2.57. The zero-order chi connectivity index (χ0) is 39.7. The molecule has 0 N–H and O–H groups in total. The second-order valence-electron chi connectivity index (χ2n) is 18.0. The van der Waals surface area contributed by atoms with Crippen molar-refractivity contribution in [2.45, 2.75) is 165 Å². The van der Waals surface area contributed by atoms with Gasteiger partial charge in [0, 0.05) is 45.2 Å². The van der Waals surface area contributed by atoms with E-state index in [1.165, 1.54) is 0 Å². The first-order chi connectivity index (χ1) is 26.3. The average molecular weight is 777 g/mol. The van der Waals surface area contributed by atoms with E-state index >= 15 is 0 Å². The monoisotopic (exact) mass is 777 g/mol. The molecular formula is C43H72N2O10. The minimum absolute atomic E-state index is 0.0360. The van der Waals surface area contributed by atoms with Gasteiger partial charge in [-0.1, -0.05) is 19.9 Å². The Morgan fingerprint density at radius 3 is 2.07 bits per heavy atom. The van der Waals surface area contributed by atoms with Crippen molar-refractivity contribution in [3.63, 3.8) is 0 Å². The molecule has 0 aromatic carbocycles. The van der Waals surface area contributed by atoms with Gasteiger partial charge in [0.05, 0.1) is 30.8 Å². The molecule has 6 rings (SSSR count). The van der Waals surface area contributed by atoms with Crippen molar-refractivity contribution in [2.75, 3.05) is 49.5 Å². The first-order valence-corrected chi connectivity index (χ1v) is 21.3. The van der Waals surface area contributed by atoms with Crippen molar-refractivity contribution in [3.05, 3.63) is 11.6 Å². The Balaban J connectivity index is 1.26. The molecule has 2 saturated carbocycles. The van der Waals surface area contributed by atoms with Gasteiger partial charge < -0.3 is 47.7 Å². The van der Waals surface area contributed by atoms with Crippen LogP contribution >= 0.6 is 0 Å². The van der Waals surface area contributed by atoms with E-state index in [1.807, 2.05) is 13.8 Å². The number of methoxy groups -OCH3 is 3. The summed E-state index contributed by atoms with van der Waals surface area (Å²) in [5.41, 5.74) is 0.798. The van der Waals surface area contributed by atoms with E-state index in [9.17, 15) is 9.59 Å². The van der Waals surface area contributed by atoms with Crippen LogP contribution in [0.2, 0.25) is 0 Å². The van der Waals surface area contributed by atoms with Crippen molar-refractivity contribution in [2.24, 2.45) is 35.5 Å². The van der Waals surface area contributed by atoms with E-state index in [-0.39, 0.29) is 103 Å². The molecule has 55 heavy (non-hydrogen) atoms. The second kappa shape index (κ2) is 18.6. The summed E-state index contributed by atoms with van der Waals surface area (Å²) in [6, 6.07) is 0.617. The molecule has 314 valence electrons. The maximum Gasteiger partial charge on any atom is 0.306 e. The quantitative estimate of drug-likeness (QED) is 0.270. The van der Waals surface area contributed by atoms with Crippen LogP contribution in [0.1, 0.15) is 91.9 Å². The number of Topliss-reactive ketones (excluding diaryl/α,β-unsaturated/α-hetero) is 1. The maximum absolute atomic E-state index is 14.9. The van der Waals surface area contributed by atoms with E-state index in [1.54, 1.807) is 21.3 Å². The van der Waals surface area contributed by atoms with Gasteiger partial charge in [-0.15, -0.1) is 0 Å². The highest BCUT2D eigenvalue weighted by Gasteiger charge is 2.57. The molecule has 3 aliphatic carbocycles. The minimum atomic E-state index is -0.599. The number of hydrogen-bond acceptors (Lipinski definition) is 12. The van der Waals surface area contributed by atoms with Crippen LogP contribution in [0.25, 0.3) is 0 Å². The molecule has 18 atom stereocenters. The number of ether oxygens (including phenoxy) is 8. The van der Waals surface area contributed by atoms with Crippen LogP contribution in [0.5, 0.6) is 0 Å². The molecule has 6 aliphatic rings. The van der Waals surface area contributed by atoms with Gasteiger partial charge in [-0.25, -0.2) is 0 Å². The lowest BCUT2D eigenvalue weighted by Gasteiger charge is -2.46. The smallest absolute Gasteiger partial charge is 0.306 e. The normalized spacial score (nSPS) is 45.7. The number of carbonyl (C=O) groups excluding carboxylic acids is 2. The van der Waals surface area contributed by atoms with Crippen molar-refractivity contribution in [1.29, 1.82) is 0 Å². The largest absolute Gasteiger partial charge is 0.462 e. The summed E-state index contributed by atoms with van der Waals surface area (Å²) in [5.74, 6) is 0.309. The maximum atomic E-state index is 14.9. The molecule has 3 aliphatic heterocycles. The summed E-state index contributed by atoms with van der Waals surface area (Å²) in [7, 11) is 13.5. The van der Waals surface area contributed by atoms with Crippen molar-refractivity contribution in [3.8, 4) is 0 Å². The SMILES string of the molecule is CC[C@H]1CCC[C@H](O[C@H]2CC[C@H](N(C)C)C(C)O2)[C@@H](C)C(=O)C2=C[C@@H]3[C@@H](C[C@@H](N(C)C)[C@@H]4C[C@@H](O[C@@H]5OC(C)[C@H](OC)[C@@H](OC)C5OC)C[C@@H]34)[C@@H]2CC(=O)O1. The Morgan fingerprint density at radius 2 is 1.44 bits per heavy atom. The standard InChI is InChI=1S/C43H72N2O10/c1-12-26-14-13-15-36(55-38-17-16-34(44(5)6)24(3)51-38)23(2)39(47)33-20-29-28-18-27(54-43-42(50-11)41(49-10)40(48-9)25(4)52-43)19-32(28)35(45(7)8)21-30(29)31(33)22-37(46)53-26/h20,23-32,34-36,38,40-43H,12-19,21-22H2,1-11H3/t23-,24?,25?,26+,27+,28+,29+,30-,31+,32-,34+,35-,36+,38+,40+,41-,42?,43+/m1/s1. The van der Waals surface area contributed by atoms with Crippen LogP contribution in [-0.2, 0) is 47.5 Å². The van der Waals surface area contributed by atoms with Crippen LogP contribution < -0.4 is 0 Å². The molecular weight excluding hydrogens is 704 g/mol. The predicted molar refractivity (Wildman–Crippen MR) is 207 cm³/mol. The van der Waals surface area contributed by atoms with Crippen molar-refractivity contribution in [1.82, 2.24) is 9.80 Å². The number of esters is 1. The van der Waals surface area contributed by atoms with Crippen molar-refractivity contribution >= 4 is 11.8 Å². The number of likely N-dealkylation sites (N-methyl/N-ethyl adjacent to an activating group) is 1. The van der Waals surface area contributed by atoms with Gasteiger partial charge >= 0.3 is 5.97 Å². The molecule has 3 heterocycles. The fourth-order valence-electron chi connectivity index (χ4n) is 11.5. The summed E-state index contributed by atoms with van der Waals surface area (Å²) in [5, 5.41) is 0.